The Morgan fingerprint density at radius 3 is 2.86 bits per heavy atom. The number of hydrogen-bond donors (Lipinski definition) is 4. The molecule has 2 amide bonds. The van der Waals surface area contributed by atoms with Crippen LogP contribution < -0.4 is 26.8 Å². The number of primary amides is 1. The normalized spacial score (nSPS) is 15.8. The molecule has 0 aromatic heterocycles. The van der Waals surface area contributed by atoms with Crippen molar-refractivity contribution in [3.8, 4) is 5.75 Å². The molecule has 0 unspecified atom stereocenters. The van der Waals surface area contributed by atoms with Crippen LogP contribution in [0.15, 0.2) is 17.1 Å². The van der Waals surface area contributed by atoms with E-state index in [1.165, 1.54) is 0 Å². The van der Waals surface area contributed by atoms with Gasteiger partial charge < -0.3 is 26.8 Å². The minimum absolute atomic E-state index is 0.186. The standard InChI is InChI=1S/C14H19N5O3/c1-14(2)13(21)19-10-5-8(18-7-15)9(6-11(10)22-14)17-4-3-12(16)20/h5-7,17H,3-4H2,1-2H3,(H2,15,18)(H2,16,20)(H,19,21). The number of nitrogens with two attached hydrogens (primary N) is 2. The van der Waals surface area contributed by atoms with Crippen LogP contribution in [-0.2, 0) is 9.59 Å². The maximum Gasteiger partial charge on any atom is 0.268 e. The molecule has 1 aliphatic rings. The predicted molar refractivity (Wildman–Crippen MR) is 84.4 cm³/mol. The van der Waals surface area contributed by atoms with E-state index in [9.17, 15) is 9.59 Å². The Morgan fingerprint density at radius 1 is 1.50 bits per heavy atom. The number of fused-ring (bicyclic) bond motifs is 1. The lowest BCUT2D eigenvalue weighted by Crippen LogP contribution is -2.45. The lowest BCUT2D eigenvalue weighted by molar-refractivity contribution is -0.129. The maximum atomic E-state index is 11.9. The van der Waals surface area contributed by atoms with Crippen LogP contribution in [0.25, 0.3) is 0 Å². The van der Waals surface area contributed by atoms with Gasteiger partial charge in [0.15, 0.2) is 5.60 Å². The number of ether oxygens (including phenoxy) is 1. The Kier molecular flexibility index (Phi) is 4.20. The van der Waals surface area contributed by atoms with Gasteiger partial charge in [0.25, 0.3) is 5.91 Å². The summed E-state index contributed by atoms with van der Waals surface area (Å²) in [4.78, 5) is 26.8. The van der Waals surface area contributed by atoms with Crippen LogP contribution in [0, 0.1) is 0 Å². The summed E-state index contributed by atoms with van der Waals surface area (Å²) in [5, 5.41) is 5.83. The van der Waals surface area contributed by atoms with Crippen molar-refractivity contribution in [2.45, 2.75) is 25.9 Å². The van der Waals surface area contributed by atoms with E-state index in [1.807, 2.05) is 0 Å². The molecule has 8 nitrogen and oxygen atoms in total. The zero-order valence-corrected chi connectivity index (χ0v) is 12.5. The van der Waals surface area contributed by atoms with E-state index in [4.69, 9.17) is 16.2 Å². The Morgan fingerprint density at radius 2 is 2.23 bits per heavy atom. The third kappa shape index (κ3) is 3.27. The van der Waals surface area contributed by atoms with Crippen LogP contribution in [0.1, 0.15) is 20.3 Å². The number of carbonyl (C=O) groups is 2. The summed E-state index contributed by atoms with van der Waals surface area (Å²) in [5.74, 6) is -0.127. The molecule has 0 aliphatic carbocycles. The molecule has 1 heterocycles. The van der Waals surface area contributed by atoms with Crippen molar-refractivity contribution in [1.82, 2.24) is 0 Å². The van der Waals surface area contributed by atoms with Gasteiger partial charge in [-0.05, 0) is 19.9 Å². The van der Waals surface area contributed by atoms with Gasteiger partial charge in [-0.25, -0.2) is 4.99 Å². The van der Waals surface area contributed by atoms with E-state index in [0.29, 0.717) is 29.4 Å². The maximum absolute atomic E-state index is 11.9. The number of benzene rings is 1. The number of nitrogens with one attached hydrogen (secondary N) is 2. The molecule has 1 aliphatic heterocycles. The number of hydrogen-bond acceptors (Lipinski definition) is 5. The summed E-state index contributed by atoms with van der Waals surface area (Å²) in [6, 6.07) is 3.36. The van der Waals surface area contributed by atoms with Crippen molar-refractivity contribution in [2.75, 3.05) is 17.2 Å². The van der Waals surface area contributed by atoms with Crippen LogP contribution in [0.2, 0.25) is 0 Å². The zero-order chi connectivity index (χ0) is 16.3. The SMILES string of the molecule is CC1(C)Oc2cc(NCCC(N)=O)c(N=CN)cc2NC1=O. The largest absolute Gasteiger partial charge is 0.476 e. The number of amides is 2. The van der Waals surface area contributed by atoms with Gasteiger partial charge in [-0.3, -0.25) is 9.59 Å². The minimum Gasteiger partial charge on any atom is -0.476 e. The first-order valence-corrected chi connectivity index (χ1v) is 6.78. The monoisotopic (exact) mass is 305 g/mol. The molecule has 0 saturated carbocycles. The van der Waals surface area contributed by atoms with E-state index < -0.39 is 11.5 Å². The molecule has 0 radical (unpaired) electrons. The van der Waals surface area contributed by atoms with Gasteiger partial charge >= 0.3 is 0 Å². The van der Waals surface area contributed by atoms with Crippen molar-refractivity contribution in [3.05, 3.63) is 12.1 Å². The number of anilines is 2. The molecule has 0 spiro atoms. The van der Waals surface area contributed by atoms with E-state index in [2.05, 4.69) is 15.6 Å². The first kappa shape index (κ1) is 15.6. The number of rotatable bonds is 5. The van der Waals surface area contributed by atoms with Crippen molar-refractivity contribution in [1.29, 1.82) is 0 Å². The lowest BCUT2D eigenvalue weighted by Gasteiger charge is -2.32. The Labute approximate surface area is 127 Å². The molecule has 0 bridgehead atoms. The molecule has 0 fully saturated rings. The Bertz CT molecular complexity index is 640. The van der Waals surface area contributed by atoms with Gasteiger partial charge in [0, 0.05) is 19.0 Å². The summed E-state index contributed by atoms with van der Waals surface area (Å²) in [6.45, 7) is 3.71. The third-order valence-electron chi connectivity index (χ3n) is 3.16. The lowest BCUT2D eigenvalue weighted by atomic mass is 10.1. The van der Waals surface area contributed by atoms with Crippen LogP contribution in [0.5, 0.6) is 5.75 Å². The molecule has 6 N–H and O–H groups in total. The van der Waals surface area contributed by atoms with Crippen molar-refractivity contribution in [2.24, 2.45) is 16.5 Å². The summed E-state index contributed by atoms with van der Waals surface area (Å²) >= 11 is 0. The second-order valence-corrected chi connectivity index (χ2v) is 5.35. The van der Waals surface area contributed by atoms with Gasteiger partial charge in [0.05, 0.1) is 23.4 Å². The van der Waals surface area contributed by atoms with Crippen LogP contribution in [0.4, 0.5) is 17.1 Å². The first-order chi connectivity index (χ1) is 10.3. The summed E-state index contributed by atoms with van der Waals surface area (Å²) in [7, 11) is 0. The van der Waals surface area contributed by atoms with Crippen molar-refractivity contribution in [3.63, 3.8) is 0 Å². The summed E-state index contributed by atoms with van der Waals surface area (Å²) in [5.41, 5.74) is 11.2. The molecule has 22 heavy (non-hydrogen) atoms. The molecule has 1 aromatic rings. The van der Waals surface area contributed by atoms with Gasteiger partial charge in [-0.2, -0.15) is 0 Å². The van der Waals surface area contributed by atoms with Crippen LogP contribution in [0.3, 0.4) is 0 Å². The second kappa shape index (κ2) is 5.92. The topological polar surface area (TPSA) is 132 Å². The molecule has 2 rings (SSSR count). The first-order valence-electron chi connectivity index (χ1n) is 6.78. The van der Waals surface area contributed by atoms with Crippen molar-refractivity contribution >= 4 is 35.2 Å². The number of aliphatic imine (C=N–C) groups is 1. The van der Waals surface area contributed by atoms with Gasteiger partial charge in [-0.15, -0.1) is 0 Å². The minimum atomic E-state index is -0.962. The van der Waals surface area contributed by atoms with Crippen LogP contribution >= 0.6 is 0 Å². The van der Waals surface area contributed by atoms with Crippen LogP contribution in [-0.4, -0.2) is 30.3 Å². The van der Waals surface area contributed by atoms with E-state index in [1.54, 1.807) is 26.0 Å². The fourth-order valence-electron chi connectivity index (χ4n) is 1.99. The van der Waals surface area contributed by atoms with Gasteiger partial charge in [-0.1, -0.05) is 0 Å². The highest BCUT2D eigenvalue weighted by Gasteiger charge is 2.35. The summed E-state index contributed by atoms with van der Waals surface area (Å²) < 4.78 is 5.71. The molecule has 118 valence electrons. The van der Waals surface area contributed by atoms with E-state index >= 15 is 0 Å². The number of carbonyl (C=O) groups excluding carboxylic acids is 2. The fraction of sp³-hybridized carbons (Fsp3) is 0.357. The second-order valence-electron chi connectivity index (χ2n) is 5.35. The highest BCUT2D eigenvalue weighted by molar-refractivity contribution is 6.01. The van der Waals surface area contributed by atoms with Crippen molar-refractivity contribution < 1.29 is 14.3 Å². The smallest absolute Gasteiger partial charge is 0.268 e. The molecule has 1 aromatic carbocycles. The predicted octanol–water partition coefficient (Wildman–Crippen LogP) is 0.702. The summed E-state index contributed by atoms with van der Waals surface area (Å²) in [6.07, 6.45) is 1.34. The van der Waals surface area contributed by atoms with Gasteiger partial charge in [0.1, 0.15) is 5.75 Å². The molecule has 8 heteroatoms. The Balaban J connectivity index is 2.33. The fourth-order valence-corrected chi connectivity index (χ4v) is 1.99. The average Bonchev–Trinajstić information content (AvgIpc) is 2.41. The average molecular weight is 305 g/mol. The molecule has 0 atom stereocenters. The molecular formula is C14H19N5O3. The highest BCUT2D eigenvalue weighted by Crippen LogP contribution is 2.40. The Hall–Kier alpha value is -2.77. The van der Waals surface area contributed by atoms with E-state index in [-0.39, 0.29) is 12.3 Å². The molecule has 0 saturated heterocycles. The van der Waals surface area contributed by atoms with Gasteiger partial charge in [0.2, 0.25) is 5.91 Å². The third-order valence-corrected chi connectivity index (χ3v) is 3.16. The quantitative estimate of drug-likeness (QED) is 0.469. The van der Waals surface area contributed by atoms with E-state index in [0.717, 1.165) is 6.34 Å². The zero-order valence-electron chi connectivity index (χ0n) is 12.5. The molecular weight excluding hydrogens is 286 g/mol. The number of nitrogens with zero attached hydrogens (tertiary/aromatic N) is 1. The highest BCUT2D eigenvalue weighted by atomic mass is 16.5.